The third kappa shape index (κ3) is 2.92. The molecule has 0 bridgehead atoms. The van der Waals surface area contributed by atoms with Crippen molar-refractivity contribution in [3.8, 4) is 0 Å². The first-order valence-corrected chi connectivity index (χ1v) is 6.99. The van der Waals surface area contributed by atoms with Crippen molar-refractivity contribution in [3.05, 3.63) is 35.9 Å². The van der Waals surface area contributed by atoms with Crippen molar-refractivity contribution in [2.75, 3.05) is 6.54 Å². The standard InChI is InChI=1S/C15H21N3O2/c16-13(18-20)15(9-4-5-10-15)14(19)17-11-8-12-6-2-1-3-7-12/h1-3,6-7,20H,4-5,8-11H2,(H2,16,18)(H,17,19). The number of rotatable bonds is 5. The van der Waals surface area contributed by atoms with E-state index in [1.165, 1.54) is 5.56 Å². The molecular formula is C15H21N3O2. The zero-order chi connectivity index (χ0) is 14.4. The molecule has 1 aromatic carbocycles. The van der Waals surface area contributed by atoms with Gasteiger partial charge in [-0.2, -0.15) is 0 Å². The Kier molecular flexibility index (Phi) is 4.61. The smallest absolute Gasteiger partial charge is 0.233 e. The van der Waals surface area contributed by atoms with Crippen molar-refractivity contribution < 1.29 is 10.0 Å². The van der Waals surface area contributed by atoms with Crippen molar-refractivity contribution in [1.82, 2.24) is 5.32 Å². The summed E-state index contributed by atoms with van der Waals surface area (Å²) in [5.41, 5.74) is 6.10. The zero-order valence-electron chi connectivity index (χ0n) is 11.5. The van der Waals surface area contributed by atoms with Crippen LogP contribution in [0.1, 0.15) is 31.2 Å². The third-order valence-corrected chi connectivity index (χ3v) is 4.03. The minimum atomic E-state index is -0.814. The number of amidine groups is 1. The molecule has 1 aliphatic carbocycles. The van der Waals surface area contributed by atoms with Crippen LogP contribution in [-0.4, -0.2) is 23.5 Å². The van der Waals surface area contributed by atoms with Gasteiger partial charge in [-0.3, -0.25) is 4.79 Å². The average Bonchev–Trinajstić information content (AvgIpc) is 2.98. The van der Waals surface area contributed by atoms with Crippen LogP contribution in [0.25, 0.3) is 0 Å². The van der Waals surface area contributed by atoms with Crippen molar-refractivity contribution in [3.63, 3.8) is 0 Å². The lowest BCUT2D eigenvalue weighted by Gasteiger charge is -2.25. The monoisotopic (exact) mass is 275 g/mol. The number of nitrogens with one attached hydrogen (secondary N) is 1. The maximum atomic E-state index is 12.4. The SMILES string of the molecule is NC(=NO)C1(C(=O)NCCc2ccccc2)CCCC1. The van der Waals surface area contributed by atoms with Crippen LogP contribution in [0.3, 0.4) is 0 Å². The molecule has 1 aromatic rings. The zero-order valence-corrected chi connectivity index (χ0v) is 11.5. The highest BCUT2D eigenvalue weighted by molar-refractivity contribution is 6.07. The normalized spacial score (nSPS) is 17.9. The highest BCUT2D eigenvalue weighted by Crippen LogP contribution is 2.38. The number of carbonyl (C=O) groups is 1. The van der Waals surface area contributed by atoms with E-state index in [-0.39, 0.29) is 11.7 Å². The number of nitrogens with zero attached hydrogens (tertiary/aromatic N) is 1. The Morgan fingerprint density at radius 2 is 1.95 bits per heavy atom. The van der Waals surface area contributed by atoms with E-state index in [2.05, 4.69) is 10.5 Å². The van der Waals surface area contributed by atoms with Gasteiger partial charge in [0.05, 0.1) is 0 Å². The van der Waals surface area contributed by atoms with Crippen LogP contribution >= 0.6 is 0 Å². The van der Waals surface area contributed by atoms with Crippen LogP contribution in [0.4, 0.5) is 0 Å². The van der Waals surface area contributed by atoms with Crippen molar-refractivity contribution in [1.29, 1.82) is 0 Å². The predicted octanol–water partition coefficient (Wildman–Crippen LogP) is 1.65. The lowest BCUT2D eigenvalue weighted by molar-refractivity contribution is -0.127. The number of benzene rings is 1. The second-order valence-electron chi connectivity index (χ2n) is 5.27. The quantitative estimate of drug-likeness (QED) is 0.330. The first kappa shape index (κ1) is 14.4. The van der Waals surface area contributed by atoms with E-state index in [1.807, 2.05) is 30.3 Å². The van der Waals surface area contributed by atoms with E-state index in [4.69, 9.17) is 10.9 Å². The molecule has 0 saturated heterocycles. The van der Waals surface area contributed by atoms with Gasteiger partial charge in [-0.15, -0.1) is 0 Å². The number of nitrogens with two attached hydrogens (primary N) is 1. The molecule has 5 heteroatoms. The lowest BCUT2D eigenvalue weighted by atomic mass is 9.83. The molecule has 1 aliphatic rings. The number of carbonyl (C=O) groups excluding carboxylic acids is 1. The molecule has 1 fully saturated rings. The Bertz CT molecular complexity index is 479. The van der Waals surface area contributed by atoms with Crippen LogP contribution in [0.15, 0.2) is 35.5 Å². The summed E-state index contributed by atoms with van der Waals surface area (Å²) in [5, 5.41) is 14.9. The summed E-state index contributed by atoms with van der Waals surface area (Å²) in [4.78, 5) is 12.4. The van der Waals surface area contributed by atoms with E-state index in [9.17, 15) is 4.79 Å². The largest absolute Gasteiger partial charge is 0.409 e. The summed E-state index contributed by atoms with van der Waals surface area (Å²) in [6, 6.07) is 9.98. The molecular weight excluding hydrogens is 254 g/mol. The molecule has 20 heavy (non-hydrogen) atoms. The fraction of sp³-hybridized carbons (Fsp3) is 0.467. The van der Waals surface area contributed by atoms with Crippen LogP contribution in [0.2, 0.25) is 0 Å². The maximum Gasteiger partial charge on any atom is 0.233 e. The fourth-order valence-electron chi connectivity index (χ4n) is 2.81. The molecule has 0 unspecified atom stereocenters. The molecule has 0 spiro atoms. The Hall–Kier alpha value is -2.04. The Morgan fingerprint density at radius 3 is 2.55 bits per heavy atom. The highest BCUT2D eigenvalue weighted by Gasteiger charge is 2.45. The summed E-state index contributed by atoms with van der Waals surface area (Å²) >= 11 is 0. The molecule has 5 nitrogen and oxygen atoms in total. The fourth-order valence-corrected chi connectivity index (χ4v) is 2.81. The third-order valence-electron chi connectivity index (χ3n) is 4.03. The van der Waals surface area contributed by atoms with Gasteiger partial charge in [0.1, 0.15) is 5.41 Å². The Balaban J connectivity index is 1.93. The molecule has 0 radical (unpaired) electrons. The van der Waals surface area contributed by atoms with Gasteiger partial charge in [-0.05, 0) is 24.8 Å². The second kappa shape index (κ2) is 6.41. The molecule has 2 rings (SSSR count). The van der Waals surface area contributed by atoms with Gasteiger partial charge in [-0.1, -0.05) is 48.3 Å². The van der Waals surface area contributed by atoms with Gasteiger partial charge in [-0.25, -0.2) is 0 Å². The lowest BCUT2D eigenvalue weighted by Crippen LogP contribution is -2.48. The number of amides is 1. The van der Waals surface area contributed by atoms with Crippen LogP contribution in [-0.2, 0) is 11.2 Å². The number of hydrogen-bond acceptors (Lipinski definition) is 3. The van der Waals surface area contributed by atoms with Crippen LogP contribution in [0, 0.1) is 5.41 Å². The topological polar surface area (TPSA) is 87.7 Å². The number of oxime groups is 1. The molecule has 0 atom stereocenters. The van der Waals surface area contributed by atoms with Crippen molar-refractivity contribution >= 4 is 11.7 Å². The molecule has 108 valence electrons. The minimum Gasteiger partial charge on any atom is -0.409 e. The van der Waals surface area contributed by atoms with Gasteiger partial charge < -0.3 is 16.3 Å². The molecule has 4 N–H and O–H groups in total. The molecule has 0 heterocycles. The molecule has 0 aromatic heterocycles. The molecule has 1 saturated carbocycles. The van der Waals surface area contributed by atoms with Crippen LogP contribution in [0.5, 0.6) is 0 Å². The maximum absolute atomic E-state index is 12.4. The van der Waals surface area contributed by atoms with E-state index in [0.717, 1.165) is 19.3 Å². The number of hydrogen-bond donors (Lipinski definition) is 3. The van der Waals surface area contributed by atoms with E-state index in [1.54, 1.807) is 0 Å². The highest BCUT2D eigenvalue weighted by atomic mass is 16.4. The van der Waals surface area contributed by atoms with Crippen molar-refractivity contribution in [2.45, 2.75) is 32.1 Å². The summed E-state index contributed by atoms with van der Waals surface area (Å²) < 4.78 is 0. The Morgan fingerprint density at radius 1 is 1.30 bits per heavy atom. The summed E-state index contributed by atoms with van der Waals surface area (Å²) in [5.74, 6) is -0.0894. The van der Waals surface area contributed by atoms with Crippen molar-refractivity contribution in [2.24, 2.45) is 16.3 Å². The van der Waals surface area contributed by atoms with E-state index < -0.39 is 5.41 Å². The minimum absolute atomic E-state index is 0.0345. The average molecular weight is 275 g/mol. The first-order valence-electron chi connectivity index (χ1n) is 6.99. The van der Waals surface area contributed by atoms with E-state index >= 15 is 0 Å². The van der Waals surface area contributed by atoms with Gasteiger partial charge in [0.25, 0.3) is 0 Å². The Labute approximate surface area is 118 Å². The first-order chi connectivity index (χ1) is 9.69. The van der Waals surface area contributed by atoms with Crippen LogP contribution < -0.4 is 11.1 Å². The predicted molar refractivity (Wildman–Crippen MR) is 77.5 cm³/mol. The summed E-state index contributed by atoms with van der Waals surface area (Å²) in [6.07, 6.45) is 3.95. The molecule has 0 aliphatic heterocycles. The van der Waals surface area contributed by atoms with Gasteiger partial charge >= 0.3 is 0 Å². The van der Waals surface area contributed by atoms with Gasteiger partial charge in [0, 0.05) is 6.54 Å². The summed E-state index contributed by atoms with van der Waals surface area (Å²) in [7, 11) is 0. The molecule has 1 amide bonds. The second-order valence-corrected chi connectivity index (χ2v) is 5.27. The van der Waals surface area contributed by atoms with Gasteiger partial charge in [0.15, 0.2) is 5.84 Å². The van der Waals surface area contributed by atoms with E-state index in [0.29, 0.717) is 19.4 Å². The van der Waals surface area contributed by atoms with Gasteiger partial charge in [0.2, 0.25) is 5.91 Å². The summed E-state index contributed by atoms with van der Waals surface area (Å²) in [6.45, 7) is 0.559.